The summed E-state index contributed by atoms with van der Waals surface area (Å²) in [5, 5.41) is 6.66. The highest BCUT2D eigenvalue weighted by Crippen LogP contribution is 2.38. The van der Waals surface area contributed by atoms with Crippen molar-refractivity contribution in [2.75, 3.05) is 12.0 Å². The van der Waals surface area contributed by atoms with Crippen LogP contribution in [-0.2, 0) is 17.9 Å². The lowest BCUT2D eigenvalue weighted by atomic mass is 9.93. The van der Waals surface area contributed by atoms with Gasteiger partial charge in [0.1, 0.15) is 21.8 Å². The molecule has 1 aliphatic rings. The first kappa shape index (κ1) is 21.6. The number of ether oxygens (including phenoxy) is 1. The molecule has 33 heavy (non-hydrogen) atoms. The Morgan fingerprint density at radius 1 is 1.18 bits per heavy atom. The fraction of sp³-hybridized carbons (Fsp3) is 0.200. The van der Waals surface area contributed by atoms with E-state index in [4.69, 9.17) is 16.3 Å². The Morgan fingerprint density at radius 3 is 2.73 bits per heavy atom. The molecule has 0 radical (unpaired) electrons. The highest BCUT2D eigenvalue weighted by Gasteiger charge is 2.48. The van der Waals surface area contributed by atoms with E-state index >= 15 is 0 Å². The zero-order chi connectivity index (χ0) is 23.2. The van der Waals surface area contributed by atoms with E-state index < -0.39 is 5.54 Å². The van der Waals surface area contributed by atoms with Gasteiger partial charge in [0.05, 0.1) is 13.7 Å². The SMILES string of the molecule is COc1cccc(N2C(=O)c3cc4ccsc4n3CC2(C)C(=O)NCc2ccc(Cl)cc2)c1. The van der Waals surface area contributed by atoms with E-state index in [1.807, 2.05) is 59.3 Å². The van der Waals surface area contributed by atoms with Gasteiger partial charge in [0.2, 0.25) is 5.91 Å². The number of methoxy groups -OCH3 is 1. The number of carbonyl (C=O) groups excluding carboxylic acids is 2. The smallest absolute Gasteiger partial charge is 0.275 e. The third-order valence-corrected chi connectivity index (χ3v) is 7.25. The van der Waals surface area contributed by atoms with Crippen LogP contribution in [0.15, 0.2) is 66.0 Å². The van der Waals surface area contributed by atoms with Crippen molar-refractivity contribution in [2.45, 2.75) is 25.6 Å². The van der Waals surface area contributed by atoms with Gasteiger partial charge in [-0.1, -0.05) is 29.8 Å². The number of thiophene rings is 1. The molecule has 2 aromatic carbocycles. The number of nitrogens with one attached hydrogen (secondary N) is 1. The number of halogens is 1. The normalized spacial score (nSPS) is 17.8. The van der Waals surface area contributed by atoms with Crippen LogP contribution >= 0.6 is 22.9 Å². The van der Waals surface area contributed by atoms with E-state index in [2.05, 4.69) is 5.32 Å². The van der Waals surface area contributed by atoms with Gasteiger partial charge >= 0.3 is 0 Å². The van der Waals surface area contributed by atoms with Gasteiger partial charge in [-0.3, -0.25) is 14.5 Å². The second kappa shape index (κ2) is 8.24. The summed E-state index contributed by atoms with van der Waals surface area (Å²) in [6.07, 6.45) is 0. The van der Waals surface area contributed by atoms with E-state index in [9.17, 15) is 9.59 Å². The Kier molecular flexibility index (Phi) is 5.38. The summed E-state index contributed by atoms with van der Waals surface area (Å²) in [6, 6.07) is 18.4. The fourth-order valence-electron chi connectivity index (χ4n) is 4.33. The zero-order valence-corrected chi connectivity index (χ0v) is 19.7. The third kappa shape index (κ3) is 3.67. The Labute approximate surface area is 200 Å². The van der Waals surface area contributed by atoms with Crippen LogP contribution in [0.3, 0.4) is 0 Å². The zero-order valence-electron chi connectivity index (χ0n) is 18.2. The molecular weight excluding hydrogens is 458 g/mol. The topological polar surface area (TPSA) is 63.6 Å². The van der Waals surface area contributed by atoms with E-state index in [0.717, 1.165) is 15.8 Å². The molecule has 0 fully saturated rings. The first-order valence-electron chi connectivity index (χ1n) is 10.5. The van der Waals surface area contributed by atoms with Crippen molar-refractivity contribution in [3.8, 4) is 5.75 Å². The number of hydrogen-bond donors (Lipinski definition) is 1. The highest BCUT2D eigenvalue weighted by molar-refractivity contribution is 7.16. The number of benzene rings is 2. The van der Waals surface area contributed by atoms with Gasteiger partial charge in [-0.05, 0) is 54.3 Å². The van der Waals surface area contributed by atoms with Crippen molar-refractivity contribution in [1.29, 1.82) is 0 Å². The van der Waals surface area contributed by atoms with Gasteiger partial charge in [0, 0.05) is 28.7 Å². The Balaban J connectivity index is 1.56. The molecule has 6 nitrogen and oxygen atoms in total. The maximum absolute atomic E-state index is 13.8. The van der Waals surface area contributed by atoms with Gasteiger partial charge in [-0.25, -0.2) is 0 Å². The first-order chi connectivity index (χ1) is 15.9. The number of carbonyl (C=O) groups is 2. The summed E-state index contributed by atoms with van der Waals surface area (Å²) in [5.74, 6) is 0.158. The number of rotatable bonds is 5. The van der Waals surface area contributed by atoms with Crippen molar-refractivity contribution >= 4 is 50.7 Å². The molecule has 1 unspecified atom stereocenters. The lowest BCUT2D eigenvalue weighted by molar-refractivity contribution is -0.126. The van der Waals surface area contributed by atoms with Gasteiger partial charge in [0.15, 0.2) is 0 Å². The van der Waals surface area contributed by atoms with Crippen LogP contribution in [0, 0.1) is 0 Å². The minimum absolute atomic E-state index is 0.220. The molecule has 5 rings (SSSR count). The number of aromatic nitrogens is 1. The molecule has 168 valence electrons. The number of hydrogen-bond acceptors (Lipinski definition) is 4. The number of amides is 2. The summed E-state index contributed by atoms with van der Waals surface area (Å²) in [4.78, 5) is 30.0. The lowest BCUT2D eigenvalue weighted by Crippen LogP contribution is -2.64. The van der Waals surface area contributed by atoms with Crippen LogP contribution in [0.25, 0.3) is 10.2 Å². The second-order valence-corrected chi connectivity index (χ2v) is 9.55. The van der Waals surface area contributed by atoms with Gasteiger partial charge in [-0.15, -0.1) is 11.3 Å². The quantitative estimate of drug-likeness (QED) is 0.433. The second-order valence-electron chi connectivity index (χ2n) is 8.22. The van der Waals surface area contributed by atoms with Gasteiger partial charge in [0.25, 0.3) is 5.91 Å². The monoisotopic (exact) mass is 479 g/mol. The summed E-state index contributed by atoms with van der Waals surface area (Å²) >= 11 is 7.54. The Bertz CT molecular complexity index is 1360. The number of fused-ring (bicyclic) bond motifs is 3. The fourth-order valence-corrected chi connectivity index (χ4v) is 5.35. The third-order valence-electron chi connectivity index (χ3n) is 6.05. The molecule has 0 saturated carbocycles. The van der Waals surface area contributed by atoms with Crippen LogP contribution in [0.2, 0.25) is 5.02 Å². The molecule has 2 aromatic heterocycles. The van der Waals surface area contributed by atoms with Crippen molar-refractivity contribution in [3.63, 3.8) is 0 Å². The van der Waals surface area contributed by atoms with Crippen LogP contribution < -0.4 is 15.0 Å². The molecule has 1 N–H and O–H groups in total. The molecule has 1 atom stereocenters. The Hall–Kier alpha value is -3.29. The van der Waals surface area contributed by atoms with Crippen LogP contribution in [0.5, 0.6) is 5.75 Å². The van der Waals surface area contributed by atoms with Crippen molar-refractivity contribution in [1.82, 2.24) is 9.88 Å². The average molecular weight is 480 g/mol. The lowest BCUT2D eigenvalue weighted by Gasteiger charge is -2.44. The standard InChI is InChI=1S/C25H22ClN3O3S/c1-25(24(31)27-14-16-6-8-18(26)9-7-16)15-28-21(12-17-10-11-33-23(17)28)22(30)29(25)19-4-3-5-20(13-19)32-2/h3-13H,14-15H2,1-2H3,(H,27,31). The molecular formula is C25H22ClN3O3S. The largest absolute Gasteiger partial charge is 0.497 e. The summed E-state index contributed by atoms with van der Waals surface area (Å²) in [6.45, 7) is 2.48. The molecule has 0 aliphatic carbocycles. The minimum Gasteiger partial charge on any atom is -0.497 e. The van der Waals surface area contributed by atoms with Gasteiger partial charge < -0.3 is 14.6 Å². The maximum Gasteiger partial charge on any atom is 0.275 e. The molecule has 0 bridgehead atoms. The molecule has 0 spiro atoms. The molecule has 2 amide bonds. The molecule has 0 saturated heterocycles. The number of nitrogens with zero attached hydrogens (tertiary/aromatic N) is 2. The average Bonchev–Trinajstić information content (AvgIpc) is 3.41. The van der Waals surface area contributed by atoms with Crippen molar-refractivity contribution < 1.29 is 14.3 Å². The molecule has 1 aliphatic heterocycles. The number of anilines is 1. The van der Waals surface area contributed by atoms with Gasteiger partial charge in [-0.2, -0.15) is 0 Å². The summed E-state index contributed by atoms with van der Waals surface area (Å²) < 4.78 is 7.34. The predicted molar refractivity (Wildman–Crippen MR) is 131 cm³/mol. The van der Waals surface area contributed by atoms with Crippen molar-refractivity contribution in [3.05, 3.63) is 82.3 Å². The molecule has 3 heterocycles. The maximum atomic E-state index is 13.8. The molecule has 8 heteroatoms. The van der Waals surface area contributed by atoms with E-state index in [-0.39, 0.29) is 11.8 Å². The van der Waals surface area contributed by atoms with Crippen molar-refractivity contribution in [2.24, 2.45) is 0 Å². The minimum atomic E-state index is -1.15. The van der Waals surface area contributed by atoms with E-state index in [1.165, 1.54) is 0 Å². The predicted octanol–water partition coefficient (Wildman–Crippen LogP) is 5.10. The summed E-state index contributed by atoms with van der Waals surface area (Å²) in [5.41, 5.74) is 0.953. The van der Waals surface area contributed by atoms with Crippen LogP contribution in [-0.4, -0.2) is 29.0 Å². The molecule has 4 aromatic rings. The van der Waals surface area contributed by atoms with E-state index in [0.29, 0.717) is 35.2 Å². The highest BCUT2D eigenvalue weighted by atomic mass is 35.5. The summed E-state index contributed by atoms with van der Waals surface area (Å²) in [7, 11) is 1.58. The first-order valence-corrected chi connectivity index (χ1v) is 11.7. The van der Waals surface area contributed by atoms with E-state index in [1.54, 1.807) is 41.5 Å². The van der Waals surface area contributed by atoms with Crippen LogP contribution in [0.1, 0.15) is 23.0 Å². The van der Waals surface area contributed by atoms with Crippen LogP contribution in [0.4, 0.5) is 5.69 Å². The Morgan fingerprint density at radius 2 is 1.97 bits per heavy atom.